The molecule has 1 aromatic rings. The molecule has 0 aromatic heterocycles. The summed E-state index contributed by atoms with van der Waals surface area (Å²) in [7, 11) is -11.1. The number of hydrogen-bond donors (Lipinski definition) is 10. The van der Waals surface area contributed by atoms with Crippen LogP contribution in [0, 0.1) is 0 Å². The highest BCUT2D eigenvalue weighted by molar-refractivity contribution is 7.61. The second-order valence-electron chi connectivity index (χ2n) is 8.68. The Morgan fingerprint density at radius 1 is 0.974 bits per heavy atom. The van der Waals surface area contributed by atoms with Crippen LogP contribution in [0.1, 0.15) is 22.0 Å². The lowest BCUT2D eigenvalue weighted by atomic mass is 9.96. The summed E-state index contributed by atoms with van der Waals surface area (Å²) in [5, 5.41) is 69.0. The van der Waals surface area contributed by atoms with Crippen LogP contribution in [0.2, 0.25) is 0 Å². The van der Waals surface area contributed by atoms with Gasteiger partial charge >= 0.3 is 15.6 Å². The molecule has 0 saturated carbocycles. The van der Waals surface area contributed by atoms with Crippen LogP contribution in [0.15, 0.2) is 24.3 Å². The first-order chi connectivity index (χ1) is 18.1. The standard InChI is InChI=1S/C19H29NO17P2/c20-18(28)8-3-1-2-7(4-8)16-13(25)11(23)10(34-16)6-33-38(29,30)37-39(31,32)36-19-15(27)12(24)14(26)17(35-19)9(22)5-21/h1-4,9-17,19,21-27H,5-6H2,(H2,20,28)(H,29,30)(H,31,32)/t9-,10?,11-,12?,13-,14?,15?,16?,17?,19?/m0/s1. The van der Waals surface area contributed by atoms with Crippen LogP contribution in [0.25, 0.3) is 0 Å². The van der Waals surface area contributed by atoms with Crippen LogP contribution in [0.4, 0.5) is 0 Å². The summed E-state index contributed by atoms with van der Waals surface area (Å²) < 4.78 is 48.1. The summed E-state index contributed by atoms with van der Waals surface area (Å²) >= 11 is 0. The molecule has 18 nitrogen and oxygen atoms in total. The average Bonchev–Trinajstić information content (AvgIpc) is 3.15. The fraction of sp³-hybridized carbons (Fsp3) is 0.632. The first kappa shape index (κ1) is 32.1. The lowest BCUT2D eigenvalue weighted by Crippen LogP contribution is -2.61. The number of phosphoric ester groups is 2. The summed E-state index contributed by atoms with van der Waals surface area (Å²) in [4.78, 5) is 31.2. The van der Waals surface area contributed by atoms with E-state index in [4.69, 9.17) is 20.3 Å². The van der Waals surface area contributed by atoms with Gasteiger partial charge in [0, 0.05) is 5.56 Å². The second kappa shape index (κ2) is 12.6. The first-order valence-electron chi connectivity index (χ1n) is 11.2. The van der Waals surface area contributed by atoms with Gasteiger partial charge in [0.1, 0.15) is 54.9 Å². The number of benzene rings is 1. The molecule has 2 fully saturated rings. The van der Waals surface area contributed by atoms with E-state index in [1.807, 2.05) is 0 Å². The minimum Gasteiger partial charge on any atom is -0.394 e. The van der Waals surface area contributed by atoms with Crippen LogP contribution in [-0.4, -0.2) is 120 Å². The summed E-state index contributed by atoms with van der Waals surface area (Å²) in [5.74, 6) is -0.768. The van der Waals surface area contributed by atoms with Gasteiger partial charge in [-0.25, -0.2) is 9.13 Å². The SMILES string of the molecule is NC(=O)c1cccc(C2OC(COP(=O)(O)OP(=O)(O)OC3OC([C@@H](O)CO)C(O)C(O)C3O)[C@H](O)[C@@H]2O)c1. The van der Waals surface area contributed by atoms with E-state index in [1.54, 1.807) is 0 Å². The molecule has 9 unspecified atom stereocenters. The summed E-state index contributed by atoms with van der Waals surface area (Å²) in [6.45, 7) is -1.94. The van der Waals surface area contributed by atoms with Crippen molar-refractivity contribution in [2.75, 3.05) is 13.2 Å². The third kappa shape index (κ3) is 7.66. The maximum atomic E-state index is 12.3. The Hall–Kier alpha value is -1.41. The fourth-order valence-corrected chi connectivity index (χ4v) is 6.04. The van der Waals surface area contributed by atoms with Crippen LogP contribution in [0.3, 0.4) is 0 Å². The highest BCUT2D eigenvalue weighted by Crippen LogP contribution is 2.61. The quantitative estimate of drug-likeness (QED) is 0.109. The number of aliphatic hydroxyl groups excluding tert-OH is 7. The molecule has 0 bridgehead atoms. The van der Waals surface area contributed by atoms with E-state index in [-0.39, 0.29) is 11.1 Å². The Kier molecular flexibility index (Phi) is 10.4. The Labute approximate surface area is 219 Å². The molecule has 20 heteroatoms. The molecule has 2 heterocycles. The molecule has 0 spiro atoms. The molecule has 11 N–H and O–H groups in total. The summed E-state index contributed by atoms with van der Waals surface area (Å²) in [6, 6.07) is 5.59. The molecule has 1 amide bonds. The third-order valence-corrected chi connectivity index (χ3v) is 8.48. The largest absolute Gasteiger partial charge is 0.483 e. The summed E-state index contributed by atoms with van der Waals surface area (Å²) in [6.07, 6.45) is -18.1. The van der Waals surface area contributed by atoms with Gasteiger partial charge in [0.05, 0.1) is 13.2 Å². The third-order valence-electron chi connectivity index (χ3n) is 5.88. The number of nitrogens with two attached hydrogens (primary N) is 1. The van der Waals surface area contributed by atoms with Crippen molar-refractivity contribution >= 4 is 21.6 Å². The second-order valence-corrected chi connectivity index (χ2v) is 11.7. The van der Waals surface area contributed by atoms with Gasteiger partial charge in [-0.1, -0.05) is 12.1 Å². The van der Waals surface area contributed by atoms with Crippen molar-refractivity contribution in [1.29, 1.82) is 0 Å². The molecule has 0 aliphatic carbocycles. The number of ether oxygens (including phenoxy) is 2. The van der Waals surface area contributed by atoms with Crippen molar-refractivity contribution in [3.05, 3.63) is 35.4 Å². The van der Waals surface area contributed by atoms with E-state index in [0.717, 1.165) is 0 Å². The van der Waals surface area contributed by atoms with E-state index in [1.165, 1.54) is 24.3 Å². The number of carbonyl (C=O) groups is 1. The highest BCUT2D eigenvalue weighted by Gasteiger charge is 2.51. The maximum absolute atomic E-state index is 12.3. The van der Waals surface area contributed by atoms with E-state index >= 15 is 0 Å². The normalized spacial score (nSPS) is 37.1. The molecule has 2 saturated heterocycles. The number of rotatable bonds is 11. The van der Waals surface area contributed by atoms with Crippen LogP contribution < -0.4 is 5.73 Å². The van der Waals surface area contributed by atoms with Crippen LogP contribution in [-0.2, 0) is 32.0 Å². The molecular weight excluding hydrogens is 576 g/mol. The lowest BCUT2D eigenvalue weighted by molar-refractivity contribution is -0.292. The zero-order valence-electron chi connectivity index (χ0n) is 19.8. The molecule has 222 valence electrons. The monoisotopic (exact) mass is 605 g/mol. The van der Waals surface area contributed by atoms with Crippen molar-refractivity contribution in [2.24, 2.45) is 5.73 Å². The van der Waals surface area contributed by atoms with Gasteiger partial charge in [-0.2, -0.15) is 4.31 Å². The van der Waals surface area contributed by atoms with E-state index in [0.29, 0.717) is 0 Å². The van der Waals surface area contributed by atoms with Gasteiger partial charge in [-0.05, 0) is 17.7 Å². The number of amides is 1. The van der Waals surface area contributed by atoms with Crippen molar-refractivity contribution in [3.63, 3.8) is 0 Å². The zero-order valence-corrected chi connectivity index (χ0v) is 21.5. The Bertz CT molecular complexity index is 1110. The molecule has 1 aromatic carbocycles. The topological polar surface area (TPSA) is 305 Å². The summed E-state index contributed by atoms with van der Waals surface area (Å²) in [5.41, 5.74) is 5.53. The molecule has 3 rings (SSSR count). The Morgan fingerprint density at radius 2 is 1.64 bits per heavy atom. The number of primary amides is 1. The molecular formula is C19H29NO17P2. The maximum Gasteiger partial charge on any atom is 0.483 e. The molecule has 0 radical (unpaired) electrons. The molecule has 2 aliphatic heterocycles. The highest BCUT2D eigenvalue weighted by atomic mass is 31.3. The predicted octanol–water partition coefficient (Wildman–Crippen LogP) is -3.64. The van der Waals surface area contributed by atoms with E-state index in [9.17, 15) is 54.4 Å². The number of phosphoric acid groups is 2. The minimum atomic E-state index is -5.65. The molecule has 12 atom stereocenters. The lowest BCUT2D eigenvalue weighted by Gasteiger charge is -2.41. The van der Waals surface area contributed by atoms with E-state index in [2.05, 4.69) is 13.4 Å². The number of hydrogen-bond acceptors (Lipinski definition) is 15. The van der Waals surface area contributed by atoms with Gasteiger partial charge in [0.2, 0.25) is 5.91 Å². The number of aliphatic hydroxyl groups is 7. The van der Waals surface area contributed by atoms with Gasteiger partial charge in [-0.15, -0.1) is 0 Å². The van der Waals surface area contributed by atoms with Gasteiger partial charge in [0.25, 0.3) is 0 Å². The van der Waals surface area contributed by atoms with Gasteiger partial charge < -0.3 is 60.7 Å². The van der Waals surface area contributed by atoms with Crippen LogP contribution >= 0.6 is 15.6 Å². The van der Waals surface area contributed by atoms with Crippen LogP contribution in [0.5, 0.6) is 0 Å². The van der Waals surface area contributed by atoms with Gasteiger partial charge in [0.15, 0.2) is 6.29 Å². The molecule has 39 heavy (non-hydrogen) atoms. The smallest absolute Gasteiger partial charge is 0.394 e. The van der Waals surface area contributed by atoms with Crippen molar-refractivity contribution < 1.29 is 82.3 Å². The van der Waals surface area contributed by atoms with Crippen molar-refractivity contribution in [3.8, 4) is 0 Å². The Morgan fingerprint density at radius 3 is 2.26 bits per heavy atom. The predicted molar refractivity (Wildman–Crippen MR) is 122 cm³/mol. The average molecular weight is 605 g/mol. The van der Waals surface area contributed by atoms with E-state index < -0.39 is 96.0 Å². The van der Waals surface area contributed by atoms with Crippen molar-refractivity contribution in [2.45, 2.75) is 61.2 Å². The molecule has 2 aliphatic rings. The number of carbonyl (C=O) groups excluding carboxylic acids is 1. The Balaban J connectivity index is 1.62. The fourth-order valence-electron chi connectivity index (χ4n) is 3.89. The van der Waals surface area contributed by atoms with Gasteiger partial charge in [-0.3, -0.25) is 13.8 Å². The zero-order chi connectivity index (χ0) is 29.3. The van der Waals surface area contributed by atoms with Crippen molar-refractivity contribution in [1.82, 2.24) is 0 Å². The minimum absolute atomic E-state index is 0.0794. The first-order valence-corrected chi connectivity index (χ1v) is 14.2.